The highest BCUT2D eigenvalue weighted by Crippen LogP contribution is 2.24. The SMILES string of the molecule is Cc1ccc(-c2ncc[nH]2)cc1NC(=O)c1c(C)c2ccccc2oc1=O. The largest absolute Gasteiger partial charge is 0.422 e. The number of aromatic nitrogens is 2. The van der Waals surface area contributed by atoms with Gasteiger partial charge in [-0.1, -0.05) is 30.3 Å². The van der Waals surface area contributed by atoms with E-state index in [0.29, 0.717) is 22.7 Å². The van der Waals surface area contributed by atoms with Crippen molar-refractivity contribution in [3.05, 3.63) is 82.0 Å². The number of H-pyrrole nitrogens is 1. The summed E-state index contributed by atoms with van der Waals surface area (Å²) in [6.45, 7) is 3.64. The number of anilines is 1. The van der Waals surface area contributed by atoms with Gasteiger partial charge in [0.05, 0.1) is 0 Å². The lowest BCUT2D eigenvalue weighted by molar-refractivity contribution is 0.102. The number of rotatable bonds is 3. The van der Waals surface area contributed by atoms with E-state index in [4.69, 9.17) is 4.42 Å². The maximum atomic E-state index is 12.9. The first-order valence-corrected chi connectivity index (χ1v) is 8.49. The van der Waals surface area contributed by atoms with Crippen LogP contribution in [0.3, 0.4) is 0 Å². The highest BCUT2D eigenvalue weighted by Gasteiger charge is 2.19. The van der Waals surface area contributed by atoms with Gasteiger partial charge in [-0.25, -0.2) is 9.78 Å². The molecule has 0 fully saturated rings. The number of carbonyl (C=O) groups is 1. The number of nitrogens with zero attached hydrogens (tertiary/aromatic N) is 1. The van der Waals surface area contributed by atoms with Crippen molar-refractivity contribution < 1.29 is 9.21 Å². The van der Waals surface area contributed by atoms with Crippen LogP contribution in [0.1, 0.15) is 21.5 Å². The summed E-state index contributed by atoms with van der Waals surface area (Å²) < 4.78 is 5.31. The van der Waals surface area contributed by atoms with Gasteiger partial charge in [-0.2, -0.15) is 0 Å². The summed E-state index contributed by atoms with van der Waals surface area (Å²) in [5, 5.41) is 3.57. The summed E-state index contributed by atoms with van der Waals surface area (Å²) in [5.74, 6) is 0.207. The van der Waals surface area contributed by atoms with Crippen LogP contribution < -0.4 is 10.9 Å². The third-order valence-electron chi connectivity index (χ3n) is 4.56. The Labute approximate surface area is 154 Å². The molecule has 2 aromatic carbocycles. The molecular formula is C21H17N3O3. The molecule has 2 aromatic heterocycles. The number of benzene rings is 2. The first-order chi connectivity index (χ1) is 13.0. The van der Waals surface area contributed by atoms with Crippen molar-refractivity contribution >= 4 is 22.6 Å². The summed E-state index contributed by atoms with van der Waals surface area (Å²) in [7, 11) is 0. The molecule has 0 radical (unpaired) electrons. The fourth-order valence-electron chi connectivity index (χ4n) is 3.08. The number of hydrogen-bond donors (Lipinski definition) is 2. The van der Waals surface area contributed by atoms with Crippen LogP contribution in [0.2, 0.25) is 0 Å². The second-order valence-electron chi connectivity index (χ2n) is 6.31. The second-order valence-corrected chi connectivity index (χ2v) is 6.31. The molecule has 0 aliphatic rings. The topological polar surface area (TPSA) is 88.0 Å². The first-order valence-electron chi connectivity index (χ1n) is 8.49. The number of nitrogens with one attached hydrogen (secondary N) is 2. The van der Waals surface area contributed by atoms with Crippen LogP contribution >= 0.6 is 0 Å². The number of para-hydroxylation sites is 1. The normalized spacial score (nSPS) is 10.9. The van der Waals surface area contributed by atoms with E-state index in [2.05, 4.69) is 15.3 Å². The third-order valence-corrected chi connectivity index (χ3v) is 4.56. The van der Waals surface area contributed by atoms with Crippen LogP contribution in [-0.2, 0) is 0 Å². The molecule has 27 heavy (non-hydrogen) atoms. The van der Waals surface area contributed by atoms with Gasteiger partial charge in [0.25, 0.3) is 5.91 Å². The summed E-state index contributed by atoms with van der Waals surface area (Å²) >= 11 is 0. The van der Waals surface area contributed by atoms with Gasteiger partial charge in [0.1, 0.15) is 17.0 Å². The van der Waals surface area contributed by atoms with Crippen LogP contribution in [0.15, 0.2) is 64.1 Å². The zero-order valence-electron chi connectivity index (χ0n) is 14.9. The van der Waals surface area contributed by atoms with E-state index in [1.54, 1.807) is 31.5 Å². The van der Waals surface area contributed by atoms with Crippen molar-refractivity contribution in [3.63, 3.8) is 0 Å². The molecule has 134 valence electrons. The molecule has 0 unspecified atom stereocenters. The predicted molar refractivity (Wildman–Crippen MR) is 104 cm³/mol. The van der Waals surface area contributed by atoms with Crippen molar-refractivity contribution in [2.24, 2.45) is 0 Å². The number of carbonyl (C=O) groups excluding carboxylic acids is 1. The van der Waals surface area contributed by atoms with E-state index in [9.17, 15) is 9.59 Å². The molecule has 6 heteroatoms. The molecule has 6 nitrogen and oxygen atoms in total. The van der Waals surface area contributed by atoms with Crippen molar-refractivity contribution in [1.29, 1.82) is 0 Å². The van der Waals surface area contributed by atoms with Crippen LogP contribution in [0, 0.1) is 13.8 Å². The Morgan fingerprint density at radius 3 is 2.74 bits per heavy atom. The van der Waals surface area contributed by atoms with Gasteiger partial charge in [-0.05, 0) is 37.1 Å². The molecule has 0 aliphatic heterocycles. The highest BCUT2D eigenvalue weighted by molar-refractivity contribution is 6.07. The van der Waals surface area contributed by atoms with E-state index in [1.165, 1.54) is 0 Å². The molecule has 1 amide bonds. The zero-order chi connectivity index (χ0) is 19.0. The maximum Gasteiger partial charge on any atom is 0.349 e. The molecule has 2 heterocycles. The van der Waals surface area contributed by atoms with E-state index in [1.807, 2.05) is 37.3 Å². The molecule has 0 saturated carbocycles. The Bertz CT molecular complexity index is 1210. The number of imidazole rings is 1. The third kappa shape index (κ3) is 3.01. The Morgan fingerprint density at radius 2 is 1.96 bits per heavy atom. The summed E-state index contributed by atoms with van der Waals surface area (Å²) in [4.78, 5) is 32.5. The number of aryl methyl sites for hydroxylation is 2. The first kappa shape index (κ1) is 16.8. The molecule has 0 atom stereocenters. The Balaban J connectivity index is 1.74. The molecule has 0 aliphatic carbocycles. The van der Waals surface area contributed by atoms with E-state index < -0.39 is 11.5 Å². The number of fused-ring (bicyclic) bond motifs is 1. The number of hydrogen-bond acceptors (Lipinski definition) is 4. The van der Waals surface area contributed by atoms with Gasteiger partial charge in [-0.15, -0.1) is 0 Å². The zero-order valence-corrected chi connectivity index (χ0v) is 14.9. The van der Waals surface area contributed by atoms with Gasteiger partial charge < -0.3 is 14.7 Å². The van der Waals surface area contributed by atoms with Gasteiger partial charge in [0.2, 0.25) is 0 Å². The lowest BCUT2D eigenvalue weighted by atomic mass is 10.0. The lowest BCUT2D eigenvalue weighted by Gasteiger charge is -2.11. The fourth-order valence-corrected chi connectivity index (χ4v) is 3.08. The monoisotopic (exact) mass is 359 g/mol. The lowest BCUT2D eigenvalue weighted by Crippen LogP contribution is -2.23. The van der Waals surface area contributed by atoms with Crippen LogP contribution in [0.5, 0.6) is 0 Å². The second kappa shape index (κ2) is 6.57. The van der Waals surface area contributed by atoms with Gasteiger partial charge in [-0.3, -0.25) is 4.79 Å². The molecule has 4 aromatic rings. The van der Waals surface area contributed by atoms with Crippen molar-refractivity contribution in [2.75, 3.05) is 5.32 Å². The Hall–Kier alpha value is -3.67. The molecule has 2 N–H and O–H groups in total. The van der Waals surface area contributed by atoms with E-state index in [-0.39, 0.29) is 5.56 Å². The molecule has 0 saturated heterocycles. The average Bonchev–Trinajstić information content (AvgIpc) is 3.18. The molecule has 0 bridgehead atoms. The Morgan fingerprint density at radius 1 is 1.15 bits per heavy atom. The summed E-state index contributed by atoms with van der Waals surface area (Å²) in [6, 6.07) is 12.8. The highest BCUT2D eigenvalue weighted by atomic mass is 16.4. The van der Waals surface area contributed by atoms with Gasteiger partial charge in [0, 0.05) is 29.0 Å². The number of amides is 1. The van der Waals surface area contributed by atoms with Gasteiger partial charge >= 0.3 is 5.63 Å². The minimum atomic E-state index is -0.649. The molecule has 0 spiro atoms. The average molecular weight is 359 g/mol. The standard InChI is InChI=1S/C21H17N3O3/c1-12-7-8-14(19-22-9-10-23-19)11-16(12)24-20(25)18-13(2)15-5-3-4-6-17(15)27-21(18)26/h3-11H,1-2H3,(H,22,23)(H,24,25). The van der Waals surface area contributed by atoms with E-state index >= 15 is 0 Å². The van der Waals surface area contributed by atoms with Crippen molar-refractivity contribution in [2.45, 2.75) is 13.8 Å². The van der Waals surface area contributed by atoms with E-state index in [0.717, 1.165) is 16.5 Å². The smallest absolute Gasteiger partial charge is 0.349 e. The van der Waals surface area contributed by atoms with Crippen molar-refractivity contribution in [1.82, 2.24) is 9.97 Å². The minimum absolute atomic E-state index is 0.0106. The quantitative estimate of drug-likeness (QED) is 0.540. The maximum absolute atomic E-state index is 12.9. The van der Waals surface area contributed by atoms with Crippen LogP contribution in [-0.4, -0.2) is 15.9 Å². The fraction of sp³-hybridized carbons (Fsp3) is 0.0952. The molecular weight excluding hydrogens is 342 g/mol. The predicted octanol–water partition coefficient (Wildman–Crippen LogP) is 4.05. The summed E-state index contributed by atoms with van der Waals surface area (Å²) in [5.41, 5.74) is 2.75. The van der Waals surface area contributed by atoms with Crippen molar-refractivity contribution in [3.8, 4) is 11.4 Å². The summed E-state index contributed by atoms with van der Waals surface area (Å²) in [6.07, 6.45) is 3.40. The number of aromatic amines is 1. The molecule has 4 rings (SSSR count). The van der Waals surface area contributed by atoms with Gasteiger partial charge in [0.15, 0.2) is 0 Å². The van der Waals surface area contributed by atoms with Crippen LogP contribution in [0.25, 0.3) is 22.4 Å². The minimum Gasteiger partial charge on any atom is -0.422 e. The van der Waals surface area contributed by atoms with Crippen LogP contribution in [0.4, 0.5) is 5.69 Å². The Kier molecular flexibility index (Phi) is 4.08.